The molecule has 1 aromatic rings. The van der Waals surface area contributed by atoms with Crippen LogP contribution >= 0.6 is 0 Å². The maximum Gasteiger partial charge on any atom is 0.331 e. The monoisotopic (exact) mass is 269 g/mol. The first-order valence-electron chi connectivity index (χ1n) is 5.35. The zero-order chi connectivity index (χ0) is 14.2. The van der Waals surface area contributed by atoms with Crippen LogP contribution in [0.3, 0.4) is 0 Å². The summed E-state index contributed by atoms with van der Waals surface area (Å²) in [6, 6.07) is 2.56. The number of rotatable bonds is 2. The first kappa shape index (κ1) is 13.4. The first-order chi connectivity index (χ1) is 8.96. The first-order valence-corrected chi connectivity index (χ1v) is 5.35. The average molecular weight is 269 g/mol. The molecule has 0 bridgehead atoms. The normalized spacial score (nSPS) is 34.1. The number of aliphatic hydroxyl groups excluding tert-OH is 3. The number of nitriles is 1. The van der Waals surface area contributed by atoms with Gasteiger partial charge in [0.2, 0.25) is 0 Å². The van der Waals surface area contributed by atoms with Crippen LogP contribution in [0.5, 0.6) is 0 Å². The van der Waals surface area contributed by atoms with Gasteiger partial charge in [-0.1, -0.05) is 0 Å². The molecule has 1 aliphatic rings. The highest BCUT2D eigenvalue weighted by atomic mass is 16.6. The molecule has 0 amide bonds. The third-order valence-corrected chi connectivity index (χ3v) is 2.96. The standard InChI is InChI=1S/C10H11N3O6/c11-4-10(8(17)7(16)5(3-14)19-10)13-2-1-6(15)12-9(13)18/h1-2,5,7-8,14,16-17H,3H2,(H,12,15,18)/t5-,7-,8+,10-/m1/s1. The topological polar surface area (TPSA) is 149 Å². The smallest absolute Gasteiger partial charge is 0.331 e. The van der Waals surface area contributed by atoms with Gasteiger partial charge in [-0.15, -0.1) is 0 Å². The molecule has 0 unspecified atom stereocenters. The van der Waals surface area contributed by atoms with E-state index in [1.807, 2.05) is 4.98 Å². The summed E-state index contributed by atoms with van der Waals surface area (Å²) in [5.74, 6) is 0. The molecule has 0 aromatic carbocycles. The molecule has 4 atom stereocenters. The number of hydrogen-bond acceptors (Lipinski definition) is 7. The Kier molecular flexibility index (Phi) is 3.25. The minimum atomic E-state index is -2.20. The van der Waals surface area contributed by atoms with Crippen LogP contribution in [-0.2, 0) is 10.5 Å². The summed E-state index contributed by atoms with van der Waals surface area (Å²) < 4.78 is 5.77. The van der Waals surface area contributed by atoms with E-state index < -0.39 is 41.9 Å². The molecule has 2 heterocycles. The molecule has 0 radical (unpaired) electrons. The van der Waals surface area contributed by atoms with Gasteiger partial charge in [0.15, 0.2) is 0 Å². The molecule has 0 aliphatic carbocycles. The Morgan fingerprint density at radius 1 is 1.53 bits per heavy atom. The van der Waals surface area contributed by atoms with Crippen LogP contribution in [0.15, 0.2) is 21.9 Å². The lowest BCUT2D eigenvalue weighted by atomic mass is 10.0. The lowest BCUT2D eigenvalue weighted by Crippen LogP contribution is -2.50. The zero-order valence-corrected chi connectivity index (χ0v) is 9.55. The van der Waals surface area contributed by atoms with Crippen LogP contribution in [0.25, 0.3) is 0 Å². The molecule has 4 N–H and O–H groups in total. The van der Waals surface area contributed by atoms with Gasteiger partial charge in [-0.2, -0.15) is 5.26 Å². The van der Waals surface area contributed by atoms with Crippen molar-refractivity contribution in [2.75, 3.05) is 6.61 Å². The lowest BCUT2D eigenvalue weighted by Gasteiger charge is -2.26. The highest BCUT2D eigenvalue weighted by molar-refractivity contribution is 5.12. The van der Waals surface area contributed by atoms with Crippen molar-refractivity contribution in [3.05, 3.63) is 33.1 Å². The quantitative estimate of drug-likeness (QED) is 0.442. The van der Waals surface area contributed by atoms with E-state index in [1.165, 1.54) is 0 Å². The number of aromatic amines is 1. The van der Waals surface area contributed by atoms with Crippen LogP contribution in [-0.4, -0.2) is 49.8 Å². The van der Waals surface area contributed by atoms with Crippen LogP contribution < -0.4 is 11.2 Å². The van der Waals surface area contributed by atoms with Gasteiger partial charge in [0.1, 0.15) is 24.4 Å². The summed E-state index contributed by atoms with van der Waals surface area (Å²) in [5.41, 5.74) is -3.85. The molecule has 9 heteroatoms. The van der Waals surface area contributed by atoms with Gasteiger partial charge < -0.3 is 20.1 Å². The summed E-state index contributed by atoms with van der Waals surface area (Å²) in [6.07, 6.45) is -3.53. The molecule has 2 rings (SSSR count). The highest BCUT2D eigenvalue weighted by Crippen LogP contribution is 2.33. The Labute approximate surface area is 105 Å². The number of hydrogen-bond donors (Lipinski definition) is 4. The van der Waals surface area contributed by atoms with Gasteiger partial charge in [0, 0.05) is 12.3 Å². The highest BCUT2D eigenvalue weighted by Gasteiger charge is 2.56. The summed E-state index contributed by atoms with van der Waals surface area (Å²) >= 11 is 0. The largest absolute Gasteiger partial charge is 0.394 e. The van der Waals surface area contributed by atoms with E-state index in [-0.39, 0.29) is 0 Å². The van der Waals surface area contributed by atoms with E-state index in [0.717, 1.165) is 12.3 Å². The van der Waals surface area contributed by atoms with Crippen molar-refractivity contribution in [2.45, 2.75) is 24.0 Å². The van der Waals surface area contributed by atoms with E-state index in [1.54, 1.807) is 6.07 Å². The number of ether oxygens (including phenoxy) is 1. The summed E-state index contributed by atoms with van der Waals surface area (Å²) in [4.78, 5) is 24.5. The molecule has 1 saturated heterocycles. The minimum absolute atomic E-state index is 0.639. The molecule has 0 spiro atoms. The predicted octanol–water partition coefficient (Wildman–Crippen LogP) is -3.17. The fourth-order valence-electron chi connectivity index (χ4n) is 1.97. The predicted molar refractivity (Wildman–Crippen MR) is 58.9 cm³/mol. The third-order valence-electron chi connectivity index (χ3n) is 2.96. The number of nitrogens with zero attached hydrogens (tertiary/aromatic N) is 2. The van der Waals surface area contributed by atoms with Gasteiger partial charge in [0.05, 0.1) is 6.61 Å². The molecule has 1 aromatic heterocycles. The molecule has 9 nitrogen and oxygen atoms in total. The van der Waals surface area contributed by atoms with Crippen molar-refractivity contribution in [1.82, 2.24) is 9.55 Å². The van der Waals surface area contributed by atoms with Gasteiger partial charge in [0.25, 0.3) is 11.3 Å². The summed E-state index contributed by atoms with van der Waals surface area (Å²) in [5, 5.41) is 37.7. The van der Waals surface area contributed by atoms with Crippen molar-refractivity contribution < 1.29 is 20.1 Å². The third kappa shape index (κ3) is 1.87. The summed E-state index contributed by atoms with van der Waals surface area (Å²) in [7, 11) is 0. The van der Waals surface area contributed by atoms with Crippen LogP contribution in [0, 0.1) is 11.3 Å². The number of aliphatic hydroxyl groups is 3. The average Bonchev–Trinajstić information content (AvgIpc) is 2.64. The molecule has 1 aliphatic heterocycles. The molecule has 19 heavy (non-hydrogen) atoms. The van der Waals surface area contributed by atoms with Gasteiger partial charge in [-0.05, 0) is 0 Å². The molecular weight excluding hydrogens is 258 g/mol. The van der Waals surface area contributed by atoms with E-state index in [2.05, 4.69) is 0 Å². The number of aromatic nitrogens is 2. The van der Waals surface area contributed by atoms with E-state index in [4.69, 9.17) is 9.84 Å². The van der Waals surface area contributed by atoms with Crippen molar-refractivity contribution in [3.63, 3.8) is 0 Å². The Hall–Kier alpha value is -1.99. The molecular formula is C10H11N3O6. The fourth-order valence-corrected chi connectivity index (χ4v) is 1.97. The van der Waals surface area contributed by atoms with Crippen molar-refractivity contribution in [1.29, 1.82) is 5.26 Å². The van der Waals surface area contributed by atoms with Crippen LogP contribution in [0.2, 0.25) is 0 Å². The fraction of sp³-hybridized carbons (Fsp3) is 0.500. The van der Waals surface area contributed by atoms with E-state index in [0.29, 0.717) is 4.57 Å². The van der Waals surface area contributed by atoms with Crippen molar-refractivity contribution in [3.8, 4) is 6.07 Å². The second-order valence-corrected chi connectivity index (χ2v) is 4.06. The lowest BCUT2D eigenvalue weighted by molar-refractivity contribution is -0.109. The van der Waals surface area contributed by atoms with Gasteiger partial charge >= 0.3 is 5.69 Å². The van der Waals surface area contributed by atoms with Crippen molar-refractivity contribution in [2.24, 2.45) is 0 Å². The van der Waals surface area contributed by atoms with E-state index in [9.17, 15) is 25.1 Å². The van der Waals surface area contributed by atoms with Crippen LogP contribution in [0.4, 0.5) is 0 Å². The number of nitrogens with one attached hydrogen (secondary N) is 1. The maximum absolute atomic E-state index is 11.7. The second kappa shape index (κ2) is 4.60. The Morgan fingerprint density at radius 3 is 2.68 bits per heavy atom. The summed E-state index contributed by atoms with van der Waals surface area (Å²) in [6.45, 7) is -0.639. The molecule has 1 fully saturated rings. The minimum Gasteiger partial charge on any atom is -0.394 e. The molecule has 102 valence electrons. The zero-order valence-electron chi connectivity index (χ0n) is 9.55. The van der Waals surface area contributed by atoms with Gasteiger partial charge in [-0.3, -0.25) is 14.3 Å². The molecule has 0 saturated carbocycles. The Balaban J connectivity index is 2.59. The second-order valence-electron chi connectivity index (χ2n) is 4.06. The van der Waals surface area contributed by atoms with E-state index >= 15 is 0 Å². The Morgan fingerprint density at radius 2 is 2.21 bits per heavy atom. The van der Waals surface area contributed by atoms with Crippen molar-refractivity contribution >= 4 is 0 Å². The SMILES string of the molecule is N#C[C@@]1(n2ccc(=O)[nH]c2=O)O[C@H](CO)[C@@H](O)[C@@H]1O. The Bertz CT molecular complexity index is 631. The number of H-pyrrole nitrogens is 1. The van der Waals surface area contributed by atoms with Gasteiger partial charge in [-0.25, -0.2) is 4.79 Å². The maximum atomic E-state index is 11.7. The van der Waals surface area contributed by atoms with Crippen LogP contribution in [0.1, 0.15) is 0 Å².